The molecule has 1 atom stereocenters. The third-order valence-corrected chi connectivity index (χ3v) is 11.1. The average Bonchev–Trinajstić information content (AvgIpc) is 3.64. The fourth-order valence-electron chi connectivity index (χ4n) is 6.56. The van der Waals surface area contributed by atoms with Crippen LogP contribution in [0, 0.1) is 0 Å². The second-order valence-corrected chi connectivity index (χ2v) is 20.3. The number of carbonyl (C=O) groups excluding carboxylic acids is 1. The highest BCUT2D eigenvalue weighted by Gasteiger charge is 2.27. The minimum absolute atomic E-state index is 0.0399. The molecule has 0 spiro atoms. The van der Waals surface area contributed by atoms with Crippen molar-refractivity contribution in [3.63, 3.8) is 0 Å². The van der Waals surface area contributed by atoms with Crippen LogP contribution >= 0.6 is 0 Å². The van der Waals surface area contributed by atoms with Crippen molar-refractivity contribution in [1.29, 1.82) is 0 Å². The molecule has 0 saturated carbocycles. The van der Waals surface area contributed by atoms with Crippen LogP contribution in [-0.4, -0.2) is 86.9 Å². The smallest absolute Gasteiger partial charge is 0.387 e. The molecule has 15 heteroatoms. The molecule has 0 aliphatic carbocycles. The second-order valence-electron chi connectivity index (χ2n) is 14.6. The molecule has 1 fully saturated rings. The zero-order chi connectivity index (χ0) is 37.2. The third-order valence-electron chi connectivity index (χ3n) is 9.42. The molecule has 52 heavy (non-hydrogen) atoms. The first kappa shape index (κ1) is 36.9. The van der Waals surface area contributed by atoms with Crippen LogP contribution in [-0.2, 0) is 36.3 Å². The average molecular weight is 733 g/mol. The van der Waals surface area contributed by atoms with Crippen molar-refractivity contribution < 1.29 is 23.0 Å². The van der Waals surface area contributed by atoms with Crippen molar-refractivity contribution in [2.24, 2.45) is 7.05 Å². The molecule has 2 aromatic carbocycles. The monoisotopic (exact) mass is 732 g/mol. The van der Waals surface area contributed by atoms with E-state index < -0.39 is 14.7 Å². The Labute approximate surface area is 302 Å². The van der Waals surface area contributed by atoms with Gasteiger partial charge in [-0.25, -0.2) is 14.6 Å². The zero-order valence-corrected chi connectivity index (χ0v) is 31.6. The molecular formula is C37H46F2N8O4Si. The summed E-state index contributed by atoms with van der Waals surface area (Å²) in [5.74, 6) is 0.681. The standard InChI is InChI=1S/C37H46F2N8O4Si/c1-25-21-44(11-12-46(25)26(2)48)37-40-19-31(20-41-37)29-8-9-32-33(17-29)47(43(3)35(32)49)23-30-16-27(7-10-34(30)51-36(38)39)15-28-18-42-45(22-28)24-50-13-14-52(4,5)6/h7-10,16-20,22,25,36H,11-15,21,23-24H2,1-6H3/t25-/m1/s1. The van der Waals surface area contributed by atoms with Crippen molar-refractivity contribution >= 4 is 30.8 Å². The van der Waals surface area contributed by atoms with Crippen molar-refractivity contribution in [2.45, 2.75) is 71.9 Å². The van der Waals surface area contributed by atoms with Crippen LogP contribution in [0.4, 0.5) is 14.7 Å². The molecule has 1 aliphatic rings. The topological polar surface area (TPSA) is 113 Å². The van der Waals surface area contributed by atoms with E-state index in [0.717, 1.165) is 28.3 Å². The van der Waals surface area contributed by atoms with Gasteiger partial charge in [0.1, 0.15) is 12.5 Å². The summed E-state index contributed by atoms with van der Waals surface area (Å²) in [7, 11) is 0.470. The summed E-state index contributed by atoms with van der Waals surface area (Å²) in [5, 5.41) is 4.92. The van der Waals surface area contributed by atoms with Gasteiger partial charge in [0.05, 0.1) is 23.6 Å². The van der Waals surface area contributed by atoms with Gasteiger partial charge in [-0.3, -0.25) is 19.0 Å². The van der Waals surface area contributed by atoms with E-state index in [1.54, 1.807) is 60.1 Å². The van der Waals surface area contributed by atoms with Gasteiger partial charge >= 0.3 is 6.61 Å². The Bertz CT molecular complexity index is 2090. The summed E-state index contributed by atoms with van der Waals surface area (Å²) in [5.41, 5.74) is 4.32. The van der Waals surface area contributed by atoms with Crippen molar-refractivity contribution in [3.8, 4) is 16.9 Å². The van der Waals surface area contributed by atoms with Crippen molar-refractivity contribution in [3.05, 3.63) is 88.2 Å². The van der Waals surface area contributed by atoms with Gasteiger partial charge in [-0.05, 0) is 53.9 Å². The fourth-order valence-corrected chi connectivity index (χ4v) is 7.32. The number of fused-ring (bicyclic) bond motifs is 1. The molecule has 1 amide bonds. The number of benzene rings is 2. The lowest BCUT2D eigenvalue weighted by Gasteiger charge is -2.39. The molecule has 0 N–H and O–H groups in total. The lowest BCUT2D eigenvalue weighted by Crippen LogP contribution is -2.53. The van der Waals surface area contributed by atoms with Gasteiger partial charge in [0.15, 0.2) is 0 Å². The Balaban J connectivity index is 1.23. The number of piperazine rings is 1. The number of carbonyl (C=O) groups is 1. The minimum Gasteiger partial charge on any atom is -0.434 e. The number of aromatic nitrogens is 6. The SMILES string of the molecule is CC(=O)N1CCN(c2ncc(-c3ccc4c(=O)n(C)n(Cc5cc(Cc6cnn(COCC[Si](C)(C)C)c6)ccc5OC(F)F)c4c3)cn2)C[C@H]1C. The van der Waals surface area contributed by atoms with Crippen LogP contribution in [0.5, 0.6) is 5.75 Å². The Morgan fingerprint density at radius 2 is 1.79 bits per heavy atom. The Kier molecular flexibility index (Phi) is 10.9. The number of amides is 1. The minimum atomic E-state index is -3.01. The lowest BCUT2D eigenvalue weighted by molar-refractivity contribution is -0.131. The van der Waals surface area contributed by atoms with Crippen LogP contribution in [0.2, 0.25) is 25.7 Å². The Morgan fingerprint density at radius 3 is 2.48 bits per heavy atom. The van der Waals surface area contributed by atoms with E-state index in [-0.39, 0.29) is 29.8 Å². The van der Waals surface area contributed by atoms with Gasteiger partial charge < -0.3 is 19.3 Å². The number of hydrogen-bond donors (Lipinski definition) is 0. The lowest BCUT2D eigenvalue weighted by atomic mass is 10.0. The highest BCUT2D eigenvalue weighted by Crippen LogP contribution is 2.28. The summed E-state index contributed by atoms with van der Waals surface area (Å²) in [6.45, 7) is 10.6. The quantitative estimate of drug-likeness (QED) is 0.114. The molecule has 3 aromatic heterocycles. The summed E-state index contributed by atoms with van der Waals surface area (Å²) >= 11 is 0. The molecule has 0 radical (unpaired) electrons. The largest absolute Gasteiger partial charge is 0.434 e. The summed E-state index contributed by atoms with van der Waals surface area (Å²) < 4.78 is 42.8. The van der Waals surface area contributed by atoms with Gasteiger partial charge in [-0.15, -0.1) is 0 Å². The molecule has 276 valence electrons. The highest BCUT2D eigenvalue weighted by atomic mass is 28.3. The second kappa shape index (κ2) is 15.4. The number of ether oxygens (including phenoxy) is 2. The molecule has 0 bridgehead atoms. The van der Waals surface area contributed by atoms with Crippen LogP contribution in [0.1, 0.15) is 30.5 Å². The van der Waals surface area contributed by atoms with E-state index in [9.17, 15) is 18.4 Å². The van der Waals surface area contributed by atoms with E-state index in [1.165, 1.54) is 4.68 Å². The van der Waals surface area contributed by atoms with Gasteiger partial charge in [0, 0.05) is 90.5 Å². The Hall–Kier alpha value is -4.89. The molecule has 12 nitrogen and oxygen atoms in total. The predicted octanol–water partition coefficient (Wildman–Crippen LogP) is 5.60. The molecule has 5 aromatic rings. The number of nitrogens with zero attached hydrogens (tertiary/aromatic N) is 8. The van der Waals surface area contributed by atoms with Crippen LogP contribution < -0.4 is 15.2 Å². The van der Waals surface area contributed by atoms with Crippen LogP contribution in [0.15, 0.2) is 66.0 Å². The first-order chi connectivity index (χ1) is 24.8. The summed E-state index contributed by atoms with van der Waals surface area (Å²) in [6.07, 6.45) is 7.72. The normalized spacial score (nSPS) is 15.2. The van der Waals surface area contributed by atoms with Crippen LogP contribution in [0.25, 0.3) is 22.0 Å². The number of anilines is 1. The number of rotatable bonds is 13. The van der Waals surface area contributed by atoms with E-state index in [1.807, 2.05) is 36.2 Å². The first-order valence-electron chi connectivity index (χ1n) is 17.5. The van der Waals surface area contributed by atoms with E-state index in [4.69, 9.17) is 9.47 Å². The molecule has 6 rings (SSSR count). The third kappa shape index (κ3) is 8.58. The van der Waals surface area contributed by atoms with Crippen molar-refractivity contribution in [2.75, 3.05) is 31.1 Å². The Morgan fingerprint density at radius 1 is 1.02 bits per heavy atom. The molecule has 1 aliphatic heterocycles. The molecule has 4 heterocycles. The maximum Gasteiger partial charge on any atom is 0.387 e. The summed E-state index contributed by atoms with van der Waals surface area (Å²) in [6, 6.07) is 11.8. The highest BCUT2D eigenvalue weighted by molar-refractivity contribution is 6.76. The summed E-state index contributed by atoms with van der Waals surface area (Å²) in [4.78, 5) is 38.4. The number of alkyl halides is 2. The first-order valence-corrected chi connectivity index (χ1v) is 21.2. The van der Waals surface area contributed by atoms with Crippen molar-refractivity contribution in [1.82, 2.24) is 34.0 Å². The van der Waals surface area contributed by atoms with Gasteiger partial charge in [0.25, 0.3) is 5.56 Å². The fraction of sp³-hybridized carbons (Fsp3) is 0.432. The zero-order valence-electron chi connectivity index (χ0n) is 30.6. The van der Waals surface area contributed by atoms with Gasteiger partial charge in [0.2, 0.25) is 11.9 Å². The number of halogens is 2. The molecular weight excluding hydrogens is 687 g/mol. The maximum absolute atomic E-state index is 13.5. The maximum atomic E-state index is 13.5. The molecule has 0 unspecified atom stereocenters. The van der Waals surface area contributed by atoms with E-state index in [2.05, 4.69) is 39.6 Å². The van der Waals surface area contributed by atoms with Crippen LogP contribution in [0.3, 0.4) is 0 Å². The predicted molar refractivity (Wildman–Crippen MR) is 199 cm³/mol. The number of hydrogen-bond acceptors (Lipinski definition) is 8. The van der Waals surface area contributed by atoms with Gasteiger partial charge in [-0.1, -0.05) is 31.8 Å². The van der Waals surface area contributed by atoms with E-state index in [0.29, 0.717) is 61.8 Å². The van der Waals surface area contributed by atoms with Gasteiger partial charge in [-0.2, -0.15) is 13.9 Å². The molecule has 1 saturated heterocycles. The van der Waals surface area contributed by atoms with E-state index >= 15 is 0 Å².